The van der Waals surface area contributed by atoms with Gasteiger partial charge in [-0.2, -0.15) is 10.5 Å². The number of nitriles is 2. The van der Waals surface area contributed by atoms with Gasteiger partial charge in [0.25, 0.3) is 0 Å². The van der Waals surface area contributed by atoms with E-state index in [1.807, 2.05) is 30.3 Å². The summed E-state index contributed by atoms with van der Waals surface area (Å²) < 4.78 is 0. The molecule has 2 rings (SSSR count). The summed E-state index contributed by atoms with van der Waals surface area (Å²) in [5.41, 5.74) is 1.33. The molecule has 1 aromatic carbocycles. The Labute approximate surface area is 170 Å². The zero-order valence-corrected chi connectivity index (χ0v) is 17.3. The number of nitrogens with one attached hydrogen (secondary N) is 2. The Hall–Kier alpha value is -2.77. The molecule has 2 N–H and O–H groups in total. The molecule has 0 aliphatic carbocycles. The summed E-state index contributed by atoms with van der Waals surface area (Å²) in [6, 6.07) is 11.8. The number of benzene rings is 1. The van der Waals surface area contributed by atoms with Gasteiger partial charge in [0.05, 0.1) is 28.5 Å². The number of rotatable bonds is 6. The standard InChI is InChI=1S/C21H24N4O2S/c1-5-13(2)14-6-8-15(9-7-14)24-18(26)12-28-20-17(11-23)21(3,4)16(10-22)19(27)25-20/h6-9,13,16H,5,12H2,1-4H3,(H,24,26)(H,25,27)/t13-,16-/m0/s1. The highest BCUT2D eigenvalue weighted by molar-refractivity contribution is 8.03. The fourth-order valence-corrected chi connectivity index (χ4v) is 3.97. The SMILES string of the molecule is CC[C@H](C)c1ccc(NC(=O)CSC2=C(C#N)C(C)(C)[C@@H](C#N)C(=O)N2)cc1. The van der Waals surface area contributed by atoms with Crippen molar-refractivity contribution in [2.24, 2.45) is 11.3 Å². The number of nitrogens with zero attached hydrogens (tertiary/aromatic N) is 2. The van der Waals surface area contributed by atoms with Crippen molar-refractivity contribution in [3.63, 3.8) is 0 Å². The second-order valence-electron chi connectivity index (χ2n) is 7.36. The van der Waals surface area contributed by atoms with Crippen molar-refractivity contribution in [3.8, 4) is 12.1 Å². The van der Waals surface area contributed by atoms with Crippen LogP contribution in [-0.4, -0.2) is 17.6 Å². The van der Waals surface area contributed by atoms with Crippen LogP contribution in [0.2, 0.25) is 0 Å². The van der Waals surface area contributed by atoms with Crippen molar-refractivity contribution < 1.29 is 9.59 Å². The highest BCUT2D eigenvalue weighted by atomic mass is 32.2. The van der Waals surface area contributed by atoms with Crippen LogP contribution in [0.3, 0.4) is 0 Å². The summed E-state index contributed by atoms with van der Waals surface area (Å²) in [4.78, 5) is 24.5. The Bertz CT molecular complexity index is 875. The molecule has 28 heavy (non-hydrogen) atoms. The first-order chi connectivity index (χ1) is 13.2. The van der Waals surface area contributed by atoms with E-state index in [0.29, 0.717) is 22.2 Å². The lowest BCUT2D eigenvalue weighted by Gasteiger charge is -2.34. The van der Waals surface area contributed by atoms with E-state index in [-0.39, 0.29) is 11.7 Å². The lowest BCUT2D eigenvalue weighted by molar-refractivity contribution is -0.125. The van der Waals surface area contributed by atoms with E-state index in [4.69, 9.17) is 0 Å². The third-order valence-corrected chi connectivity index (χ3v) is 6.06. The van der Waals surface area contributed by atoms with E-state index in [9.17, 15) is 20.1 Å². The van der Waals surface area contributed by atoms with Crippen LogP contribution in [0.25, 0.3) is 0 Å². The fourth-order valence-electron chi connectivity index (χ4n) is 3.00. The number of hydrogen-bond donors (Lipinski definition) is 2. The summed E-state index contributed by atoms with van der Waals surface area (Å²) in [6.07, 6.45) is 1.05. The number of hydrogen-bond acceptors (Lipinski definition) is 5. The summed E-state index contributed by atoms with van der Waals surface area (Å²) in [5.74, 6) is -1.12. The average Bonchev–Trinajstić information content (AvgIpc) is 2.66. The molecule has 1 aliphatic heterocycles. The molecule has 0 radical (unpaired) electrons. The van der Waals surface area contributed by atoms with Gasteiger partial charge in [-0.25, -0.2) is 0 Å². The Morgan fingerprint density at radius 2 is 1.96 bits per heavy atom. The fraction of sp³-hybridized carbons (Fsp3) is 0.429. The summed E-state index contributed by atoms with van der Waals surface area (Å²) in [5, 5.41) is 24.5. The van der Waals surface area contributed by atoms with Gasteiger partial charge in [0.2, 0.25) is 11.8 Å². The third kappa shape index (κ3) is 4.55. The maximum Gasteiger partial charge on any atom is 0.243 e. The van der Waals surface area contributed by atoms with Gasteiger partial charge >= 0.3 is 0 Å². The molecule has 0 unspecified atom stereocenters. The Morgan fingerprint density at radius 1 is 1.32 bits per heavy atom. The second kappa shape index (κ2) is 8.95. The molecule has 2 atom stereocenters. The van der Waals surface area contributed by atoms with E-state index in [1.54, 1.807) is 13.8 Å². The highest BCUT2D eigenvalue weighted by Crippen LogP contribution is 2.41. The van der Waals surface area contributed by atoms with Crippen molar-refractivity contribution in [1.29, 1.82) is 10.5 Å². The number of amides is 2. The lowest BCUT2D eigenvalue weighted by Crippen LogP contribution is -2.44. The van der Waals surface area contributed by atoms with Crippen molar-refractivity contribution in [2.75, 3.05) is 11.1 Å². The molecule has 0 aromatic heterocycles. The largest absolute Gasteiger partial charge is 0.325 e. The lowest BCUT2D eigenvalue weighted by atomic mass is 9.72. The van der Waals surface area contributed by atoms with Crippen LogP contribution in [0.5, 0.6) is 0 Å². The number of carbonyl (C=O) groups excluding carboxylic acids is 2. The molecule has 1 heterocycles. The molecule has 0 fully saturated rings. The summed E-state index contributed by atoms with van der Waals surface area (Å²) in [7, 11) is 0. The molecule has 1 aliphatic rings. The maximum atomic E-state index is 12.3. The summed E-state index contributed by atoms with van der Waals surface area (Å²) >= 11 is 1.09. The van der Waals surface area contributed by atoms with E-state index in [1.165, 1.54) is 5.56 Å². The quantitative estimate of drug-likeness (QED) is 0.758. The van der Waals surface area contributed by atoms with Crippen LogP contribution >= 0.6 is 11.8 Å². The first-order valence-electron chi connectivity index (χ1n) is 9.12. The molecule has 0 spiro atoms. The van der Waals surface area contributed by atoms with Crippen molar-refractivity contribution in [1.82, 2.24) is 5.32 Å². The predicted octanol–water partition coefficient (Wildman–Crippen LogP) is 3.90. The minimum atomic E-state index is -0.940. The predicted molar refractivity (Wildman–Crippen MR) is 110 cm³/mol. The number of allylic oxidation sites excluding steroid dienone is 1. The zero-order chi connectivity index (χ0) is 20.9. The molecule has 7 heteroatoms. The van der Waals surface area contributed by atoms with Gasteiger partial charge in [-0.1, -0.05) is 51.6 Å². The van der Waals surface area contributed by atoms with E-state index < -0.39 is 17.2 Å². The van der Waals surface area contributed by atoms with Crippen LogP contribution in [0.1, 0.15) is 45.6 Å². The minimum Gasteiger partial charge on any atom is -0.325 e. The first-order valence-corrected chi connectivity index (χ1v) is 10.1. The van der Waals surface area contributed by atoms with Gasteiger partial charge in [-0.05, 0) is 30.0 Å². The summed E-state index contributed by atoms with van der Waals surface area (Å²) in [6.45, 7) is 7.67. The van der Waals surface area contributed by atoms with Crippen LogP contribution < -0.4 is 10.6 Å². The average molecular weight is 397 g/mol. The number of anilines is 1. The van der Waals surface area contributed by atoms with Gasteiger partial charge in [0, 0.05) is 11.1 Å². The second-order valence-corrected chi connectivity index (χ2v) is 8.34. The molecule has 6 nitrogen and oxygen atoms in total. The van der Waals surface area contributed by atoms with Crippen molar-refractivity contribution in [3.05, 3.63) is 40.4 Å². The number of thioether (sulfide) groups is 1. The van der Waals surface area contributed by atoms with E-state index in [2.05, 4.69) is 30.6 Å². The van der Waals surface area contributed by atoms with Crippen molar-refractivity contribution >= 4 is 29.3 Å². The highest BCUT2D eigenvalue weighted by Gasteiger charge is 2.44. The molecule has 0 bridgehead atoms. The molecule has 1 aromatic rings. The Balaban J connectivity index is 2.05. The van der Waals surface area contributed by atoms with Gasteiger partial charge in [0.1, 0.15) is 5.92 Å². The van der Waals surface area contributed by atoms with Crippen LogP contribution in [0.15, 0.2) is 34.9 Å². The third-order valence-electron chi connectivity index (χ3n) is 5.06. The molecule has 146 valence electrons. The monoisotopic (exact) mass is 396 g/mol. The smallest absolute Gasteiger partial charge is 0.243 e. The van der Waals surface area contributed by atoms with Crippen molar-refractivity contribution in [2.45, 2.75) is 40.0 Å². The number of carbonyl (C=O) groups is 2. The Morgan fingerprint density at radius 3 is 2.50 bits per heavy atom. The minimum absolute atomic E-state index is 0.0429. The maximum absolute atomic E-state index is 12.3. The molecule has 2 amide bonds. The first kappa shape index (κ1) is 21.5. The normalized spacial score (nSPS) is 19.2. The van der Waals surface area contributed by atoms with E-state index in [0.717, 1.165) is 18.2 Å². The van der Waals surface area contributed by atoms with Gasteiger partial charge < -0.3 is 10.6 Å². The van der Waals surface area contributed by atoms with Gasteiger partial charge in [-0.3, -0.25) is 9.59 Å². The van der Waals surface area contributed by atoms with Crippen LogP contribution in [-0.2, 0) is 9.59 Å². The van der Waals surface area contributed by atoms with Crippen LogP contribution in [0, 0.1) is 34.0 Å². The topological polar surface area (TPSA) is 106 Å². The molecule has 0 saturated carbocycles. The zero-order valence-electron chi connectivity index (χ0n) is 16.5. The molecular weight excluding hydrogens is 372 g/mol. The molecular formula is C21H24N4O2S. The van der Waals surface area contributed by atoms with Crippen LogP contribution in [0.4, 0.5) is 5.69 Å². The van der Waals surface area contributed by atoms with Gasteiger partial charge in [0.15, 0.2) is 0 Å². The van der Waals surface area contributed by atoms with E-state index >= 15 is 0 Å². The van der Waals surface area contributed by atoms with Gasteiger partial charge in [-0.15, -0.1) is 0 Å². The molecule has 0 saturated heterocycles. The Kier molecular flexibility index (Phi) is 6.88.